The Labute approximate surface area is 123 Å². The van der Waals surface area contributed by atoms with Crippen LogP contribution >= 0.6 is 15.9 Å². The molecule has 1 aliphatic heterocycles. The van der Waals surface area contributed by atoms with Crippen molar-refractivity contribution in [1.29, 1.82) is 0 Å². The molecule has 0 saturated carbocycles. The monoisotopic (exact) mass is 328 g/mol. The molecule has 1 saturated heterocycles. The highest BCUT2D eigenvalue weighted by Gasteiger charge is 2.28. The molecule has 19 heavy (non-hydrogen) atoms. The minimum Gasteiger partial charge on any atom is -0.312 e. The van der Waals surface area contributed by atoms with Crippen LogP contribution in [0.25, 0.3) is 0 Å². The lowest BCUT2D eigenvalue weighted by molar-refractivity contribution is 0.137. The fraction of sp³-hybridized carbons (Fsp3) is 0.600. The van der Waals surface area contributed by atoms with E-state index < -0.39 is 0 Å². The van der Waals surface area contributed by atoms with Gasteiger partial charge in [0.15, 0.2) is 0 Å². The third-order valence-corrected chi connectivity index (χ3v) is 4.81. The summed E-state index contributed by atoms with van der Waals surface area (Å²) < 4.78 is 13.8. The summed E-state index contributed by atoms with van der Waals surface area (Å²) in [4.78, 5) is 2.39. The second kappa shape index (κ2) is 6.33. The zero-order valence-electron chi connectivity index (χ0n) is 11.7. The van der Waals surface area contributed by atoms with Gasteiger partial charge in [0.25, 0.3) is 0 Å². The molecule has 1 aliphatic rings. The van der Waals surface area contributed by atoms with Crippen molar-refractivity contribution in [1.82, 2.24) is 10.2 Å². The minimum absolute atomic E-state index is 0.196. The van der Waals surface area contributed by atoms with Gasteiger partial charge in [-0.15, -0.1) is 0 Å². The third-order valence-electron chi connectivity index (χ3n) is 4.08. The molecule has 1 fully saturated rings. The largest absolute Gasteiger partial charge is 0.312 e. The normalized spacial score (nSPS) is 19.6. The Balaban J connectivity index is 1.83. The lowest BCUT2D eigenvalue weighted by atomic mass is 9.80. The maximum absolute atomic E-state index is 13.0. The summed E-state index contributed by atoms with van der Waals surface area (Å²) in [6.07, 6.45) is 2.47. The van der Waals surface area contributed by atoms with Crippen LogP contribution in [0.3, 0.4) is 0 Å². The summed E-state index contributed by atoms with van der Waals surface area (Å²) in [7, 11) is 2.18. The number of nitrogens with one attached hydrogen (secondary N) is 1. The second-order valence-corrected chi connectivity index (χ2v) is 6.81. The van der Waals surface area contributed by atoms with Crippen LogP contribution < -0.4 is 5.32 Å². The van der Waals surface area contributed by atoms with E-state index >= 15 is 0 Å². The van der Waals surface area contributed by atoms with E-state index in [0.29, 0.717) is 5.41 Å². The number of benzene rings is 1. The van der Waals surface area contributed by atoms with E-state index in [4.69, 9.17) is 0 Å². The number of piperidine rings is 1. The smallest absolute Gasteiger partial charge is 0.124 e. The summed E-state index contributed by atoms with van der Waals surface area (Å²) in [6, 6.07) is 4.87. The molecule has 0 bridgehead atoms. The van der Waals surface area contributed by atoms with E-state index in [2.05, 4.69) is 40.1 Å². The predicted molar refractivity (Wildman–Crippen MR) is 80.6 cm³/mol. The van der Waals surface area contributed by atoms with Crippen molar-refractivity contribution in [2.24, 2.45) is 5.41 Å². The Hall–Kier alpha value is -0.450. The summed E-state index contributed by atoms with van der Waals surface area (Å²) in [5, 5.41) is 3.52. The van der Waals surface area contributed by atoms with Crippen LogP contribution in [0.1, 0.15) is 25.3 Å². The summed E-state index contributed by atoms with van der Waals surface area (Å²) in [5.41, 5.74) is 1.50. The van der Waals surface area contributed by atoms with Crippen molar-refractivity contribution in [3.05, 3.63) is 34.1 Å². The molecule has 0 radical (unpaired) electrons. The molecule has 1 N–H and O–H groups in total. The van der Waals surface area contributed by atoms with Gasteiger partial charge in [-0.3, -0.25) is 0 Å². The fourth-order valence-electron chi connectivity index (χ4n) is 2.50. The number of likely N-dealkylation sites (tertiary alicyclic amines) is 1. The Bertz CT molecular complexity index is 428. The Morgan fingerprint density at radius 3 is 2.68 bits per heavy atom. The van der Waals surface area contributed by atoms with Crippen LogP contribution in [0.4, 0.5) is 4.39 Å². The molecule has 4 heteroatoms. The maximum Gasteiger partial charge on any atom is 0.124 e. The molecule has 1 heterocycles. The van der Waals surface area contributed by atoms with Gasteiger partial charge in [0.05, 0.1) is 0 Å². The quantitative estimate of drug-likeness (QED) is 0.911. The molecule has 106 valence electrons. The number of hydrogen-bond donors (Lipinski definition) is 1. The minimum atomic E-state index is -0.196. The van der Waals surface area contributed by atoms with Crippen molar-refractivity contribution in [2.75, 3.05) is 26.7 Å². The highest BCUT2D eigenvalue weighted by Crippen LogP contribution is 2.29. The van der Waals surface area contributed by atoms with Gasteiger partial charge < -0.3 is 10.2 Å². The van der Waals surface area contributed by atoms with Gasteiger partial charge in [0.1, 0.15) is 5.82 Å². The van der Waals surface area contributed by atoms with Crippen LogP contribution in [0.5, 0.6) is 0 Å². The highest BCUT2D eigenvalue weighted by molar-refractivity contribution is 9.10. The second-order valence-electron chi connectivity index (χ2n) is 5.95. The SMILES string of the molecule is CN1CCC(C)(CNCc2ccc(F)cc2Br)CC1. The van der Waals surface area contributed by atoms with Gasteiger partial charge in [-0.25, -0.2) is 4.39 Å². The summed E-state index contributed by atoms with van der Waals surface area (Å²) in [5.74, 6) is -0.196. The van der Waals surface area contributed by atoms with Gasteiger partial charge in [-0.2, -0.15) is 0 Å². The molecule has 1 aromatic carbocycles. The van der Waals surface area contributed by atoms with E-state index in [9.17, 15) is 4.39 Å². The summed E-state index contributed by atoms with van der Waals surface area (Å²) >= 11 is 3.41. The van der Waals surface area contributed by atoms with Crippen LogP contribution in [0.15, 0.2) is 22.7 Å². The molecule has 0 spiro atoms. The molecule has 2 rings (SSSR count). The molecule has 0 unspecified atom stereocenters. The maximum atomic E-state index is 13.0. The Morgan fingerprint density at radius 2 is 2.05 bits per heavy atom. The van der Waals surface area contributed by atoms with Gasteiger partial charge >= 0.3 is 0 Å². The standard InChI is InChI=1S/C15H22BrFN2/c1-15(5-7-19(2)8-6-15)11-18-10-12-3-4-13(17)9-14(12)16/h3-4,9,18H,5-8,10-11H2,1-2H3. The predicted octanol–water partition coefficient (Wildman–Crippen LogP) is 3.41. The first-order chi connectivity index (χ1) is 8.98. The van der Waals surface area contributed by atoms with E-state index in [1.165, 1.54) is 38.1 Å². The fourth-order valence-corrected chi connectivity index (χ4v) is 2.99. The Kier molecular flexibility index (Phi) is 4.98. The highest BCUT2D eigenvalue weighted by atomic mass is 79.9. The van der Waals surface area contributed by atoms with Gasteiger partial charge in [-0.1, -0.05) is 28.9 Å². The van der Waals surface area contributed by atoms with E-state index in [1.807, 2.05) is 6.07 Å². The van der Waals surface area contributed by atoms with Crippen LogP contribution in [0.2, 0.25) is 0 Å². The first-order valence-electron chi connectivity index (χ1n) is 6.82. The third kappa shape index (κ3) is 4.26. The van der Waals surface area contributed by atoms with Crippen molar-refractivity contribution in [3.8, 4) is 0 Å². The molecule has 2 nitrogen and oxygen atoms in total. The molecule has 0 atom stereocenters. The molecule has 1 aromatic rings. The van der Waals surface area contributed by atoms with Gasteiger partial charge in [-0.05, 0) is 56.1 Å². The van der Waals surface area contributed by atoms with Gasteiger partial charge in [0, 0.05) is 17.6 Å². The van der Waals surface area contributed by atoms with Crippen LogP contribution in [0, 0.1) is 11.2 Å². The van der Waals surface area contributed by atoms with Crippen molar-refractivity contribution < 1.29 is 4.39 Å². The average molecular weight is 329 g/mol. The lowest BCUT2D eigenvalue weighted by Gasteiger charge is -2.38. The van der Waals surface area contributed by atoms with Gasteiger partial charge in [0.2, 0.25) is 0 Å². The van der Waals surface area contributed by atoms with Crippen LogP contribution in [-0.4, -0.2) is 31.6 Å². The molecular weight excluding hydrogens is 307 g/mol. The van der Waals surface area contributed by atoms with Crippen molar-refractivity contribution in [2.45, 2.75) is 26.3 Å². The summed E-state index contributed by atoms with van der Waals surface area (Å²) in [6.45, 7) is 6.51. The van der Waals surface area contributed by atoms with E-state index in [-0.39, 0.29) is 5.82 Å². The lowest BCUT2D eigenvalue weighted by Crippen LogP contribution is -2.41. The molecular formula is C15H22BrFN2. The first-order valence-corrected chi connectivity index (χ1v) is 7.61. The number of hydrogen-bond acceptors (Lipinski definition) is 2. The number of rotatable bonds is 4. The Morgan fingerprint density at radius 1 is 1.37 bits per heavy atom. The average Bonchev–Trinajstić information content (AvgIpc) is 2.36. The van der Waals surface area contributed by atoms with Crippen molar-refractivity contribution in [3.63, 3.8) is 0 Å². The van der Waals surface area contributed by atoms with E-state index in [1.54, 1.807) is 0 Å². The zero-order valence-corrected chi connectivity index (χ0v) is 13.3. The topological polar surface area (TPSA) is 15.3 Å². The van der Waals surface area contributed by atoms with E-state index in [0.717, 1.165) is 23.1 Å². The van der Waals surface area contributed by atoms with Crippen molar-refractivity contribution >= 4 is 15.9 Å². The zero-order chi connectivity index (χ0) is 13.9. The first kappa shape index (κ1) is 14.9. The molecule has 0 amide bonds. The van der Waals surface area contributed by atoms with Crippen LogP contribution in [-0.2, 0) is 6.54 Å². The molecule has 0 aliphatic carbocycles. The molecule has 0 aromatic heterocycles. The number of nitrogens with zero attached hydrogens (tertiary/aromatic N) is 1. The number of halogens is 2.